The van der Waals surface area contributed by atoms with E-state index in [1.165, 1.54) is 17.3 Å². The van der Waals surface area contributed by atoms with Crippen molar-refractivity contribution in [3.63, 3.8) is 0 Å². The fourth-order valence-electron chi connectivity index (χ4n) is 4.06. The third-order valence-corrected chi connectivity index (χ3v) is 5.96. The van der Waals surface area contributed by atoms with Crippen LogP contribution < -0.4 is 5.32 Å². The first-order valence-corrected chi connectivity index (χ1v) is 10.5. The van der Waals surface area contributed by atoms with Gasteiger partial charge in [0.2, 0.25) is 11.1 Å². The van der Waals surface area contributed by atoms with Crippen LogP contribution in [0.5, 0.6) is 0 Å². The van der Waals surface area contributed by atoms with E-state index in [2.05, 4.69) is 46.6 Å². The molecule has 0 bridgehead atoms. The maximum atomic E-state index is 13.3. The van der Waals surface area contributed by atoms with Crippen molar-refractivity contribution in [3.05, 3.63) is 70.8 Å². The lowest BCUT2D eigenvalue weighted by Gasteiger charge is -2.34. The van der Waals surface area contributed by atoms with E-state index >= 15 is 0 Å². The molecule has 1 aromatic carbocycles. The van der Waals surface area contributed by atoms with Gasteiger partial charge in [0.15, 0.2) is 5.78 Å². The summed E-state index contributed by atoms with van der Waals surface area (Å²) >= 11 is 1.49. The van der Waals surface area contributed by atoms with E-state index in [-0.39, 0.29) is 17.7 Å². The average Bonchev–Trinajstić information content (AvgIpc) is 3.36. The van der Waals surface area contributed by atoms with Gasteiger partial charge in [-0.05, 0) is 37.3 Å². The molecule has 2 atom stereocenters. The summed E-state index contributed by atoms with van der Waals surface area (Å²) in [6, 6.07) is 11.8. The second kappa shape index (κ2) is 6.67. The Morgan fingerprint density at radius 3 is 2.75 bits per heavy atom. The topological polar surface area (TPSA) is 73.0 Å². The third kappa shape index (κ3) is 2.77. The van der Waals surface area contributed by atoms with Crippen molar-refractivity contribution in [2.75, 3.05) is 11.6 Å². The van der Waals surface area contributed by atoms with Crippen LogP contribution in [0.4, 0.5) is 5.95 Å². The number of furan rings is 1. The van der Waals surface area contributed by atoms with E-state index < -0.39 is 0 Å². The first-order chi connectivity index (χ1) is 13.6. The van der Waals surface area contributed by atoms with E-state index in [4.69, 9.17) is 4.42 Å². The largest absolute Gasteiger partial charge is 0.469 e. The van der Waals surface area contributed by atoms with Crippen molar-refractivity contribution in [3.8, 4) is 0 Å². The Morgan fingerprint density at radius 1 is 1.21 bits per heavy atom. The summed E-state index contributed by atoms with van der Waals surface area (Å²) in [4.78, 5) is 17.9. The Morgan fingerprint density at radius 2 is 2.04 bits per heavy atom. The standard InChI is InChI=1S/C21H20N4O2S/c1-12-5-7-13(8-6-12)19-18-15(22-20-23-21(28-2)24-25(19)20)10-14(11-16(18)26)17-4-3-9-27-17/h3-9,14,19H,10-11H2,1-2H3,(H,22,23,24)/t14-,19-/m1/s1. The highest BCUT2D eigenvalue weighted by Gasteiger charge is 2.40. The van der Waals surface area contributed by atoms with Crippen LogP contribution >= 0.6 is 11.8 Å². The minimum Gasteiger partial charge on any atom is -0.469 e. The number of benzene rings is 1. The number of aromatic nitrogens is 3. The quantitative estimate of drug-likeness (QED) is 0.670. The van der Waals surface area contributed by atoms with Crippen LogP contribution in [0.1, 0.15) is 41.7 Å². The normalized spacial score (nSPS) is 21.3. The molecule has 142 valence electrons. The summed E-state index contributed by atoms with van der Waals surface area (Å²) in [5, 5.41) is 8.71. The number of hydrogen-bond acceptors (Lipinski definition) is 6. The molecule has 0 radical (unpaired) electrons. The number of carbonyl (C=O) groups excluding carboxylic acids is 1. The van der Waals surface area contributed by atoms with Crippen molar-refractivity contribution >= 4 is 23.5 Å². The molecular weight excluding hydrogens is 372 g/mol. The minimum absolute atomic E-state index is 0.0434. The summed E-state index contributed by atoms with van der Waals surface area (Å²) in [6.45, 7) is 2.06. The van der Waals surface area contributed by atoms with Crippen molar-refractivity contribution in [2.24, 2.45) is 0 Å². The van der Waals surface area contributed by atoms with E-state index in [0.29, 0.717) is 17.5 Å². The number of Topliss-reactive ketones (excluding diaryl/α,β-unsaturated/α-hetero) is 1. The number of aryl methyl sites for hydroxylation is 1. The van der Waals surface area contributed by atoms with Gasteiger partial charge >= 0.3 is 0 Å². The number of nitrogens with zero attached hydrogens (tertiary/aromatic N) is 3. The van der Waals surface area contributed by atoms with Gasteiger partial charge in [0, 0.05) is 23.6 Å². The third-order valence-electron chi connectivity index (χ3n) is 5.42. The highest BCUT2D eigenvalue weighted by atomic mass is 32.2. The molecule has 1 aliphatic carbocycles. The molecule has 0 saturated heterocycles. The van der Waals surface area contributed by atoms with Crippen LogP contribution in [0.15, 0.2) is 63.5 Å². The van der Waals surface area contributed by atoms with Crippen LogP contribution in [0.25, 0.3) is 0 Å². The fraction of sp³-hybridized carbons (Fsp3) is 0.286. The lowest BCUT2D eigenvalue weighted by Crippen LogP contribution is -2.33. The van der Waals surface area contributed by atoms with Gasteiger partial charge in [-0.2, -0.15) is 4.98 Å². The number of fused-ring (bicyclic) bond motifs is 1. The highest BCUT2D eigenvalue weighted by Crippen LogP contribution is 2.44. The van der Waals surface area contributed by atoms with Gasteiger partial charge in [-0.15, -0.1) is 5.10 Å². The molecule has 1 aliphatic heterocycles. The molecule has 28 heavy (non-hydrogen) atoms. The average molecular weight is 392 g/mol. The zero-order valence-electron chi connectivity index (χ0n) is 15.7. The number of nitrogens with one attached hydrogen (secondary N) is 1. The van der Waals surface area contributed by atoms with Gasteiger partial charge in [-0.3, -0.25) is 4.79 Å². The molecule has 0 fully saturated rings. The summed E-state index contributed by atoms with van der Waals surface area (Å²) in [5.74, 6) is 1.71. The Balaban J connectivity index is 1.63. The molecule has 2 aliphatic rings. The molecule has 1 N–H and O–H groups in total. The molecule has 5 rings (SSSR count). The van der Waals surface area contributed by atoms with Crippen molar-refractivity contribution < 1.29 is 9.21 Å². The number of anilines is 1. The van der Waals surface area contributed by atoms with Crippen LogP contribution in [0, 0.1) is 6.92 Å². The number of hydrogen-bond donors (Lipinski definition) is 1. The molecular formula is C21H20N4O2S. The Bertz CT molecular complexity index is 1070. The highest BCUT2D eigenvalue weighted by molar-refractivity contribution is 7.98. The monoisotopic (exact) mass is 392 g/mol. The van der Waals surface area contributed by atoms with Crippen molar-refractivity contribution in [2.45, 2.75) is 36.9 Å². The van der Waals surface area contributed by atoms with Gasteiger partial charge in [0.05, 0.1) is 6.26 Å². The van der Waals surface area contributed by atoms with Gasteiger partial charge in [0.1, 0.15) is 11.8 Å². The second-order valence-electron chi connectivity index (χ2n) is 7.24. The van der Waals surface area contributed by atoms with E-state index in [0.717, 1.165) is 29.0 Å². The van der Waals surface area contributed by atoms with Crippen molar-refractivity contribution in [1.82, 2.24) is 14.8 Å². The maximum Gasteiger partial charge on any atom is 0.227 e. The van der Waals surface area contributed by atoms with Gasteiger partial charge in [-0.25, -0.2) is 4.68 Å². The maximum absolute atomic E-state index is 13.3. The minimum atomic E-state index is -0.259. The summed E-state index contributed by atoms with van der Waals surface area (Å²) in [7, 11) is 0. The lowest BCUT2D eigenvalue weighted by molar-refractivity contribution is -0.117. The summed E-state index contributed by atoms with van der Waals surface area (Å²) < 4.78 is 7.43. The molecule has 0 amide bonds. The SMILES string of the molecule is CSc1nc2n(n1)[C@H](c1ccc(C)cc1)C1=C(C[C@@H](c3ccco3)CC1=O)N2. The molecule has 0 unspecified atom stereocenters. The lowest BCUT2D eigenvalue weighted by atomic mass is 9.79. The van der Waals surface area contributed by atoms with Gasteiger partial charge < -0.3 is 9.73 Å². The van der Waals surface area contributed by atoms with E-state index in [1.54, 1.807) is 6.26 Å². The smallest absolute Gasteiger partial charge is 0.227 e. The zero-order chi connectivity index (χ0) is 19.3. The van der Waals surface area contributed by atoms with Gasteiger partial charge in [-0.1, -0.05) is 41.6 Å². The second-order valence-corrected chi connectivity index (χ2v) is 8.01. The zero-order valence-corrected chi connectivity index (χ0v) is 16.5. The predicted octanol–water partition coefficient (Wildman–Crippen LogP) is 4.32. The Kier molecular flexibility index (Phi) is 4.12. The van der Waals surface area contributed by atoms with E-state index in [9.17, 15) is 4.79 Å². The Labute approximate surface area is 167 Å². The van der Waals surface area contributed by atoms with Crippen LogP contribution in [-0.4, -0.2) is 26.8 Å². The van der Waals surface area contributed by atoms with E-state index in [1.807, 2.05) is 23.1 Å². The first-order valence-electron chi connectivity index (χ1n) is 9.28. The van der Waals surface area contributed by atoms with Gasteiger partial charge in [0.25, 0.3) is 0 Å². The van der Waals surface area contributed by atoms with Crippen LogP contribution in [0.2, 0.25) is 0 Å². The molecule has 0 saturated carbocycles. The molecule has 7 heteroatoms. The fourth-order valence-corrected chi connectivity index (χ4v) is 4.41. The number of rotatable bonds is 3. The number of thioether (sulfide) groups is 1. The predicted molar refractivity (Wildman–Crippen MR) is 107 cm³/mol. The molecule has 3 heterocycles. The summed E-state index contributed by atoms with van der Waals surface area (Å²) in [6.07, 6.45) is 4.77. The molecule has 2 aromatic heterocycles. The first kappa shape index (κ1) is 17.3. The molecule has 3 aromatic rings. The summed E-state index contributed by atoms with van der Waals surface area (Å²) in [5.41, 5.74) is 3.94. The number of allylic oxidation sites excluding steroid dienone is 2. The van der Waals surface area contributed by atoms with Crippen molar-refractivity contribution in [1.29, 1.82) is 0 Å². The number of ketones is 1. The van der Waals surface area contributed by atoms with Crippen LogP contribution in [0.3, 0.4) is 0 Å². The van der Waals surface area contributed by atoms with Crippen LogP contribution in [-0.2, 0) is 4.79 Å². The Hall–Kier alpha value is -2.80. The molecule has 0 spiro atoms. The number of carbonyl (C=O) groups is 1. The molecule has 6 nitrogen and oxygen atoms in total.